The molecule has 0 spiro atoms. The van der Waals surface area contributed by atoms with Crippen LogP contribution in [0.5, 0.6) is 0 Å². The lowest BCUT2D eigenvalue weighted by Gasteiger charge is -2.08. The van der Waals surface area contributed by atoms with E-state index < -0.39 is 17.6 Å². The van der Waals surface area contributed by atoms with Gasteiger partial charge < -0.3 is 4.42 Å². The van der Waals surface area contributed by atoms with Crippen LogP contribution in [0.15, 0.2) is 61.9 Å². The molecule has 1 aromatic heterocycles. The fourth-order valence-electron chi connectivity index (χ4n) is 1.81. The van der Waals surface area contributed by atoms with Crippen molar-refractivity contribution in [1.29, 1.82) is 0 Å². The molecule has 2 aromatic rings. The molecule has 1 amide bonds. The first kappa shape index (κ1) is 10.6. The van der Waals surface area contributed by atoms with E-state index in [0.717, 1.165) is 5.39 Å². The van der Waals surface area contributed by atoms with Gasteiger partial charge in [-0.25, -0.2) is 4.79 Å². The average Bonchev–Trinajstić information content (AvgIpc) is 2.39. The van der Waals surface area contributed by atoms with Gasteiger partial charge >= 0.3 is 5.63 Å². The van der Waals surface area contributed by atoms with Gasteiger partial charge in [0.1, 0.15) is 11.6 Å². The van der Waals surface area contributed by atoms with Crippen molar-refractivity contribution in [3.63, 3.8) is 0 Å². The topological polar surface area (TPSA) is 72.0 Å². The molecular weight excluding hydrogens is 232 g/mol. The number of para-hydroxylation sites is 1. The average molecular weight is 240 g/mol. The first-order valence-corrected chi connectivity index (χ1v) is 5.40. The summed E-state index contributed by atoms with van der Waals surface area (Å²) in [5.74, 6) is -0.420. The van der Waals surface area contributed by atoms with Gasteiger partial charge in [0.2, 0.25) is 0 Å². The molecule has 5 nitrogen and oxygen atoms in total. The minimum atomic E-state index is -0.552. The molecule has 0 bridgehead atoms. The van der Waals surface area contributed by atoms with Crippen LogP contribution in [0.3, 0.4) is 0 Å². The van der Waals surface area contributed by atoms with Gasteiger partial charge in [0.15, 0.2) is 0 Å². The number of carbonyl (C=O) groups is 1. The van der Waals surface area contributed by atoms with Gasteiger partial charge in [0, 0.05) is 11.5 Å². The first-order valence-electron chi connectivity index (χ1n) is 5.40. The summed E-state index contributed by atoms with van der Waals surface area (Å²) in [4.78, 5) is 22.7. The van der Waals surface area contributed by atoms with Gasteiger partial charge in [0.05, 0.1) is 5.56 Å². The highest BCUT2D eigenvalue weighted by Gasteiger charge is 2.17. The van der Waals surface area contributed by atoms with Crippen LogP contribution in [0.4, 0.5) is 0 Å². The van der Waals surface area contributed by atoms with E-state index in [1.165, 1.54) is 12.2 Å². The highest BCUT2D eigenvalue weighted by Crippen LogP contribution is 2.22. The number of nitrogens with zero attached hydrogens (tertiary/aromatic N) is 2. The van der Waals surface area contributed by atoms with E-state index >= 15 is 0 Å². The molecule has 1 aromatic carbocycles. The zero-order valence-corrected chi connectivity index (χ0v) is 9.24. The van der Waals surface area contributed by atoms with Crippen LogP contribution in [0.25, 0.3) is 11.0 Å². The molecule has 0 N–H and O–H groups in total. The summed E-state index contributed by atoms with van der Waals surface area (Å²) in [5.41, 5.74) is 0.442. The standard InChI is InChI=1S/C13H8N2O3/c16-12-6-5-10(14-15-12)9-7-8-3-1-2-4-11(8)18-13(9)17/h1-7,10H. The summed E-state index contributed by atoms with van der Waals surface area (Å²) in [6, 6.07) is 8.38. The Balaban J connectivity index is 2.15. The number of hydrogen-bond donors (Lipinski definition) is 0. The van der Waals surface area contributed by atoms with Crippen molar-refractivity contribution in [3.05, 3.63) is 58.5 Å². The van der Waals surface area contributed by atoms with Crippen molar-refractivity contribution in [2.45, 2.75) is 6.04 Å². The van der Waals surface area contributed by atoms with Crippen LogP contribution >= 0.6 is 0 Å². The van der Waals surface area contributed by atoms with Crippen LogP contribution < -0.4 is 5.63 Å². The predicted octanol–water partition coefficient (Wildman–Crippen LogP) is 2.38. The van der Waals surface area contributed by atoms with E-state index in [0.29, 0.717) is 11.1 Å². The molecule has 0 radical (unpaired) electrons. The molecule has 18 heavy (non-hydrogen) atoms. The maximum Gasteiger partial charge on any atom is 0.342 e. The molecule has 2 heterocycles. The molecule has 0 saturated carbocycles. The molecule has 5 heteroatoms. The molecular formula is C13H8N2O3. The number of fused-ring (bicyclic) bond motifs is 1. The van der Waals surface area contributed by atoms with Gasteiger partial charge in [-0.2, -0.15) is 5.11 Å². The van der Waals surface area contributed by atoms with Gasteiger partial charge in [-0.3, -0.25) is 4.79 Å². The van der Waals surface area contributed by atoms with Crippen LogP contribution in [-0.4, -0.2) is 5.91 Å². The number of amides is 1. The minimum absolute atomic E-state index is 0.376. The fraction of sp³-hybridized carbons (Fsp3) is 0.0769. The lowest BCUT2D eigenvalue weighted by atomic mass is 10.1. The Kier molecular flexibility index (Phi) is 2.37. The summed E-state index contributed by atoms with van der Waals surface area (Å²) in [7, 11) is 0. The molecule has 0 saturated heterocycles. The second-order valence-electron chi connectivity index (χ2n) is 3.88. The van der Waals surface area contributed by atoms with Crippen LogP contribution in [0.1, 0.15) is 11.6 Å². The quantitative estimate of drug-likeness (QED) is 0.718. The normalized spacial score (nSPS) is 18.4. The zero-order valence-electron chi connectivity index (χ0n) is 9.24. The number of benzene rings is 1. The SMILES string of the molecule is O=C1C=CC(c2cc3ccccc3oc2=O)N=N1. The fourth-order valence-corrected chi connectivity index (χ4v) is 1.81. The molecule has 0 fully saturated rings. The van der Waals surface area contributed by atoms with E-state index in [-0.39, 0.29) is 0 Å². The van der Waals surface area contributed by atoms with Crippen LogP contribution in [0.2, 0.25) is 0 Å². The van der Waals surface area contributed by atoms with Gasteiger partial charge in [0.25, 0.3) is 5.91 Å². The zero-order chi connectivity index (χ0) is 12.5. The Labute approximate surface area is 101 Å². The van der Waals surface area contributed by atoms with Crippen molar-refractivity contribution in [1.82, 2.24) is 0 Å². The third-order valence-corrected chi connectivity index (χ3v) is 2.69. The van der Waals surface area contributed by atoms with Crippen molar-refractivity contribution >= 4 is 16.9 Å². The third-order valence-electron chi connectivity index (χ3n) is 2.69. The lowest BCUT2D eigenvalue weighted by Crippen LogP contribution is -2.11. The highest BCUT2D eigenvalue weighted by atomic mass is 16.4. The van der Waals surface area contributed by atoms with Crippen LogP contribution in [-0.2, 0) is 4.79 Å². The number of carbonyl (C=O) groups excluding carboxylic acids is 1. The third kappa shape index (κ3) is 1.75. The molecule has 1 unspecified atom stereocenters. The van der Waals surface area contributed by atoms with Crippen LogP contribution in [0, 0.1) is 0 Å². The van der Waals surface area contributed by atoms with Crippen molar-refractivity contribution in [2.24, 2.45) is 10.2 Å². The minimum Gasteiger partial charge on any atom is -0.422 e. The Morgan fingerprint density at radius 1 is 1.17 bits per heavy atom. The van der Waals surface area contributed by atoms with E-state index in [2.05, 4.69) is 10.2 Å². The van der Waals surface area contributed by atoms with Gasteiger partial charge in [-0.1, -0.05) is 18.2 Å². The number of azo groups is 1. The molecule has 1 aliphatic heterocycles. The molecule has 1 atom stereocenters. The Morgan fingerprint density at radius 2 is 2.00 bits per heavy atom. The molecule has 1 aliphatic rings. The molecule has 88 valence electrons. The summed E-state index contributed by atoms with van der Waals surface area (Å²) < 4.78 is 5.20. The van der Waals surface area contributed by atoms with Crippen molar-refractivity contribution < 1.29 is 9.21 Å². The highest BCUT2D eigenvalue weighted by molar-refractivity contribution is 5.88. The summed E-state index contributed by atoms with van der Waals surface area (Å²) in [6.45, 7) is 0. The summed E-state index contributed by atoms with van der Waals surface area (Å²) >= 11 is 0. The largest absolute Gasteiger partial charge is 0.422 e. The lowest BCUT2D eigenvalue weighted by molar-refractivity contribution is -0.114. The number of rotatable bonds is 1. The predicted molar refractivity (Wildman–Crippen MR) is 64.2 cm³/mol. The Morgan fingerprint density at radius 3 is 2.78 bits per heavy atom. The number of hydrogen-bond acceptors (Lipinski definition) is 4. The maximum atomic E-state index is 11.8. The van der Waals surface area contributed by atoms with E-state index in [1.807, 2.05) is 12.1 Å². The van der Waals surface area contributed by atoms with E-state index in [1.54, 1.807) is 18.2 Å². The summed E-state index contributed by atoms with van der Waals surface area (Å²) in [5, 5.41) is 8.02. The summed E-state index contributed by atoms with van der Waals surface area (Å²) in [6.07, 6.45) is 2.84. The monoisotopic (exact) mass is 240 g/mol. The van der Waals surface area contributed by atoms with Gasteiger partial charge in [-0.15, -0.1) is 5.11 Å². The smallest absolute Gasteiger partial charge is 0.342 e. The van der Waals surface area contributed by atoms with E-state index in [9.17, 15) is 9.59 Å². The second kappa shape index (κ2) is 4.03. The first-order chi connectivity index (χ1) is 8.74. The second-order valence-corrected chi connectivity index (χ2v) is 3.88. The molecule has 0 aliphatic carbocycles. The van der Waals surface area contributed by atoms with Crippen molar-refractivity contribution in [2.75, 3.05) is 0 Å². The van der Waals surface area contributed by atoms with Crippen molar-refractivity contribution in [3.8, 4) is 0 Å². The van der Waals surface area contributed by atoms with E-state index in [4.69, 9.17) is 4.42 Å². The Hall–Kier alpha value is -2.56. The Bertz CT molecular complexity index is 727. The maximum absolute atomic E-state index is 11.8. The molecule has 3 rings (SSSR count). The van der Waals surface area contributed by atoms with Gasteiger partial charge in [-0.05, 0) is 18.2 Å².